The summed E-state index contributed by atoms with van der Waals surface area (Å²) in [5.41, 5.74) is 2.72. The summed E-state index contributed by atoms with van der Waals surface area (Å²) in [5.74, 6) is -0.222. The molecule has 0 saturated heterocycles. The van der Waals surface area contributed by atoms with Crippen molar-refractivity contribution in [1.82, 2.24) is 4.98 Å². The molecular formula is C15H10F3NO. The Bertz CT molecular complexity index is 729. The molecule has 0 saturated carbocycles. The molecule has 0 aliphatic carbocycles. The second-order valence-corrected chi connectivity index (χ2v) is 4.32. The zero-order valence-corrected chi connectivity index (χ0v) is 10.2. The van der Waals surface area contributed by atoms with Crippen LogP contribution >= 0.6 is 0 Å². The molecule has 0 spiro atoms. The van der Waals surface area contributed by atoms with E-state index in [0.29, 0.717) is 0 Å². The van der Waals surface area contributed by atoms with Crippen LogP contribution in [0, 0.1) is 0 Å². The normalized spacial score (nSPS) is 11.8. The predicted molar refractivity (Wildman–Crippen MR) is 70.4 cm³/mol. The van der Waals surface area contributed by atoms with Crippen LogP contribution in [0.1, 0.15) is 0 Å². The third-order valence-corrected chi connectivity index (χ3v) is 2.99. The molecule has 1 N–H and O–H groups in total. The first-order valence-corrected chi connectivity index (χ1v) is 5.95. The van der Waals surface area contributed by atoms with Gasteiger partial charge in [0.05, 0.1) is 5.52 Å². The number of halogens is 3. The average Bonchev–Trinajstić information content (AvgIpc) is 2.86. The molecule has 0 amide bonds. The number of hydrogen-bond acceptors (Lipinski definition) is 1. The number of hydrogen-bond donors (Lipinski definition) is 1. The van der Waals surface area contributed by atoms with Crippen LogP contribution in [0.3, 0.4) is 0 Å². The van der Waals surface area contributed by atoms with Gasteiger partial charge in [0.15, 0.2) is 0 Å². The van der Waals surface area contributed by atoms with Gasteiger partial charge in [-0.25, -0.2) is 0 Å². The summed E-state index contributed by atoms with van der Waals surface area (Å²) in [4.78, 5) is 3.13. The van der Waals surface area contributed by atoms with Crippen molar-refractivity contribution in [2.45, 2.75) is 6.36 Å². The monoisotopic (exact) mass is 277 g/mol. The highest BCUT2D eigenvalue weighted by Crippen LogP contribution is 2.30. The summed E-state index contributed by atoms with van der Waals surface area (Å²) >= 11 is 0. The Morgan fingerprint density at radius 2 is 1.65 bits per heavy atom. The Hall–Kier alpha value is -2.43. The summed E-state index contributed by atoms with van der Waals surface area (Å²) in [6, 6.07) is 13.6. The number of fused-ring (bicyclic) bond motifs is 1. The Morgan fingerprint density at radius 3 is 2.35 bits per heavy atom. The Labute approximate surface area is 112 Å². The Morgan fingerprint density at radius 1 is 0.900 bits per heavy atom. The first kappa shape index (κ1) is 12.6. The number of aromatic amines is 1. The van der Waals surface area contributed by atoms with Gasteiger partial charge in [-0.05, 0) is 29.1 Å². The molecule has 0 aliphatic rings. The molecule has 2 aromatic carbocycles. The molecule has 0 unspecified atom stereocenters. The van der Waals surface area contributed by atoms with Crippen LogP contribution in [0.2, 0.25) is 0 Å². The van der Waals surface area contributed by atoms with E-state index >= 15 is 0 Å². The van der Waals surface area contributed by atoms with E-state index in [1.54, 1.807) is 12.1 Å². The summed E-state index contributed by atoms with van der Waals surface area (Å²) in [6.07, 6.45) is -2.84. The molecular weight excluding hydrogens is 267 g/mol. The minimum atomic E-state index is -4.67. The van der Waals surface area contributed by atoms with E-state index < -0.39 is 6.36 Å². The van der Waals surface area contributed by atoms with Gasteiger partial charge >= 0.3 is 6.36 Å². The largest absolute Gasteiger partial charge is 0.573 e. The fraction of sp³-hybridized carbons (Fsp3) is 0.0667. The van der Waals surface area contributed by atoms with Gasteiger partial charge in [0.1, 0.15) is 5.75 Å². The van der Waals surface area contributed by atoms with Crippen molar-refractivity contribution in [3.63, 3.8) is 0 Å². The van der Waals surface area contributed by atoms with E-state index in [4.69, 9.17) is 0 Å². The lowest BCUT2D eigenvalue weighted by atomic mass is 10.0. The third-order valence-electron chi connectivity index (χ3n) is 2.99. The van der Waals surface area contributed by atoms with Crippen molar-refractivity contribution in [2.75, 3.05) is 0 Å². The molecule has 0 aliphatic heterocycles. The van der Waals surface area contributed by atoms with E-state index in [2.05, 4.69) is 9.72 Å². The third kappa shape index (κ3) is 2.47. The van der Waals surface area contributed by atoms with Crippen LogP contribution in [-0.2, 0) is 0 Å². The topological polar surface area (TPSA) is 25.0 Å². The van der Waals surface area contributed by atoms with Crippen LogP contribution in [0.5, 0.6) is 5.75 Å². The van der Waals surface area contributed by atoms with Crippen molar-refractivity contribution in [1.29, 1.82) is 0 Å². The Kier molecular flexibility index (Phi) is 2.89. The van der Waals surface area contributed by atoms with Crippen molar-refractivity contribution >= 4 is 10.9 Å². The first-order chi connectivity index (χ1) is 9.53. The zero-order valence-electron chi connectivity index (χ0n) is 10.2. The lowest BCUT2D eigenvalue weighted by Gasteiger charge is -2.09. The second kappa shape index (κ2) is 4.59. The second-order valence-electron chi connectivity index (χ2n) is 4.32. The fourth-order valence-corrected chi connectivity index (χ4v) is 2.16. The quantitative estimate of drug-likeness (QED) is 0.719. The number of benzene rings is 2. The predicted octanol–water partition coefficient (Wildman–Crippen LogP) is 4.73. The molecule has 0 atom stereocenters. The summed E-state index contributed by atoms with van der Waals surface area (Å²) in [6.45, 7) is 0. The molecule has 3 rings (SSSR count). The van der Waals surface area contributed by atoms with Gasteiger partial charge in [-0.1, -0.05) is 30.3 Å². The maximum absolute atomic E-state index is 12.1. The van der Waals surface area contributed by atoms with Crippen LogP contribution in [0.15, 0.2) is 54.7 Å². The van der Waals surface area contributed by atoms with E-state index in [-0.39, 0.29) is 5.75 Å². The summed E-state index contributed by atoms with van der Waals surface area (Å²) < 4.78 is 40.2. The van der Waals surface area contributed by atoms with E-state index in [1.807, 2.05) is 30.5 Å². The molecule has 3 aromatic rings. The number of nitrogens with one attached hydrogen (secondary N) is 1. The maximum atomic E-state index is 12.1. The highest BCUT2D eigenvalue weighted by molar-refractivity contribution is 5.94. The molecule has 2 nitrogen and oxygen atoms in total. The highest BCUT2D eigenvalue weighted by atomic mass is 19.4. The SMILES string of the molecule is FC(F)(F)Oc1ccc(-c2cccc3cc[nH]c23)cc1. The number of rotatable bonds is 2. The molecule has 102 valence electrons. The molecule has 0 bridgehead atoms. The lowest BCUT2D eigenvalue weighted by molar-refractivity contribution is -0.274. The number of alkyl halides is 3. The fourth-order valence-electron chi connectivity index (χ4n) is 2.16. The van der Waals surface area contributed by atoms with Crippen molar-refractivity contribution < 1.29 is 17.9 Å². The average molecular weight is 277 g/mol. The molecule has 0 fully saturated rings. The van der Waals surface area contributed by atoms with Gasteiger partial charge in [0.25, 0.3) is 0 Å². The minimum absolute atomic E-state index is 0.222. The number of ether oxygens (including phenoxy) is 1. The minimum Gasteiger partial charge on any atom is -0.406 e. The highest BCUT2D eigenvalue weighted by Gasteiger charge is 2.30. The number of aromatic nitrogens is 1. The van der Waals surface area contributed by atoms with Crippen LogP contribution < -0.4 is 4.74 Å². The number of H-pyrrole nitrogens is 1. The van der Waals surface area contributed by atoms with Gasteiger partial charge in [0.2, 0.25) is 0 Å². The smallest absolute Gasteiger partial charge is 0.406 e. The van der Waals surface area contributed by atoms with Crippen LogP contribution in [0.4, 0.5) is 13.2 Å². The van der Waals surface area contributed by atoms with Gasteiger partial charge in [-0.3, -0.25) is 0 Å². The standard InChI is InChI=1S/C15H10F3NO/c16-15(17,18)20-12-6-4-10(5-7-12)13-3-1-2-11-8-9-19-14(11)13/h1-9,19H. The molecule has 0 radical (unpaired) electrons. The molecule has 1 aromatic heterocycles. The molecule has 1 heterocycles. The van der Waals surface area contributed by atoms with E-state index in [0.717, 1.165) is 22.0 Å². The van der Waals surface area contributed by atoms with E-state index in [9.17, 15) is 13.2 Å². The first-order valence-electron chi connectivity index (χ1n) is 5.95. The van der Waals surface area contributed by atoms with Crippen molar-refractivity contribution in [2.24, 2.45) is 0 Å². The van der Waals surface area contributed by atoms with Crippen molar-refractivity contribution in [3.05, 3.63) is 54.7 Å². The maximum Gasteiger partial charge on any atom is 0.573 e. The summed E-state index contributed by atoms with van der Waals surface area (Å²) in [7, 11) is 0. The zero-order chi connectivity index (χ0) is 14.2. The van der Waals surface area contributed by atoms with Crippen LogP contribution in [0.25, 0.3) is 22.0 Å². The van der Waals surface area contributed by atoms with Crippen LogP contribution in [-0.4, -0.2) is 11.3 Å². The number of para-hydroxylation sites is 1. The van der Waals surface area contributed by atoms with E-state index in [1.165, 1.54) is 12.1 Å². The van der Waals surface area contributed by atoms with Gasteiger partial charge in [-0.2, -0.15) is 0 Å². The lowest BCUT2D eigenvalue weighted by Crippen LogP contribution is -2.16. The molecule has 5 heteroatoms. The summed E-state index contributed by atoms with van der Waals surface area (Å²) in [5, 5.41) is 1.05. The van der Waals surface area contributed by atoms with Gasteiger partial charge < -0.3 is 9.72 Å². The van der Waals surface area contributed by atoms with Crippen molar-refractivity contribution in [3.8, 4) is 16.9 Å². The molecule has 20 heavy (non-hydrogen) atoms. The van der Waals surface area contributed by atoms with Gasteiger partial charge in [-0.15, -0.1) is 13.2 Å². The Balaban J connectivity index is 1.97. The van der Waals surface area contributed by atoms with Gasteiger partial charge in [0, 0.05) is 11.8 Å².